The number of hydrogen-bond donors (Lipinski definition) is 0. The van der Waals surface area contributed by atoms with Crippen molar-refractivity contribution in [3.8, 4) is 22.3 Å². The largest absolute Gasteiger partial charge is 0.772 e. The predicted octanol–water partition coefficient (Wildman–Crippen LogP) is 4.70. The highest BCUT2D eigenvalue weighted by Crippen LogP contribution is 2.33. The molecule has 6 heteroatoms. The number of nitrogens with zero attached hydrogens (tertiary/aromatic N) is 1. The molecule has 0 bridgehead atoms. The molecule has 24 heavy (non-hydrogen) atoms. The van der Waals surface area contributed by atoms with Crippen molar-refractivity contribution in [3.63, 3.8) is 0 Å². The van der Waals surface area contributed by atoms with Gasteiger partial charge in [-0.25, -0.2) is 4.39 Å². The van der Waals surface area contributed by atoms with E-state index in [1.807, 2.05) is 30.3 Å². The maximum atomic E-state index is 14.2. The van der Waals surface area contributed by atoms with E-state index in [0.29, 0.717) is 5.56 Å². The SMILES string of the molecule is O=S([O-])Cc1ccc(-c2cnccc2-c2cccc(Br)c2)cc1F. The zero-order valence-corrected chi connectivity index (χ0v) is 14.8. The number of hydrogen-bond acceptors (Lipinski definition) is 3. The van der Waals surface area contributed by atoms with Crippen molar-refractivity contribution in [2.45, 2.75) is 5.75 Å². The molecular weight excluding hydrogens is 393 g/mol. The quantitative estimate of drug-likeness (QED) is 0.592. The molecule has 1 atom stereocenters. The smallest absolute Gasteiger partial charge is 0.127 e. The van der Waals surface area contributed by atoms with E-state index in [9.17, 15) is 13.2 Å². The van der Waals surface area contributed by atoms with Gasteiger partial charge in [-0.1, -0.05) is 51.3 Å². The van der Waals surface area contributed by atoms with Crippen LogP contribution in [0.4, 0.5) is 4.39 Å². The first-order chi connectivity index (χ1) is 11.5. The number of halogens is 2. The van der Waals surface area contributed by atoms with Crippen LogP contribution in [0.5, 0.6) is 0 Å². The highest BCUT2D eigenvalue weighted by molar-refractivity contribution is 9.10. The molecule has 0 amide bonds. The maximum Gasteiger partial charge on any atom is 0.127 e. The summed E-state index contributed by atoms with van der Waals surface area (Å²) in [4.78, 5) is 4.14. The molecule has 0 fully saturated rings. The zero-order chi connectivity index (χ0) is 17.1. The van der Waals surface area contributed by atoms with Crippen molar-refractivity contribution in [2.24, 2.45) is 0 Å². The standard InChI is InChI=1S/C18H13BrFNO2S/c19-15-3-1-2-12(8-15)16-6-7-21-10-17(16)13-4-5-14(11-24(22)23)18(20)9-13/h1-10H,11H2,(H,22,23)/p-1. The van der Waals surface area contributed by atoms with Gasteiger partial charge < -0.3 is 4.55 Å². The van der Waals surface area contributed by atoms with Crippen LogP contribution >= 0.6 is 15.9 Å². The summed E-state index contributed by atoms with van der Waals surface area (Å²) in [6.45, 7) is 0. The number of pyridine rings is 1. The number of rotatable bonds is 4. The van der Waals surface area contributed by atoms with E-state index in [1.165, 1.54) is 12.1 Å². The van der Waals surface area contributed by atoms with Gasteiger partial charge in [0.25, 0.3) is 0 Å². The summed E-state index contributed by atoms with van der Waals surface area (Å²) in [6.07, 6.45) is 3.36. The van der Waals surface area contributed by atoms with Crippen molar-refractivity contribution in [2.75, 3.05) is 0 Å². The second-order valence-corrected chi connectivity index (χ2v) is 7.00. The molecule has 0 aliphatic rings. The van der Waals surface area contributed by atoms with Crippen LogP contribution in [-0.2, 0) is 16.8 Å². The fraction of sp³-hybridized carbons (Fsp3) is 0.0556. The van der Waals surface area contributed by atoms with Crippen LogP contribution in [0.15, 0.2) is 65.4 Å². The van der Waals surface area contributed by atoms with Gasteiger partial charge in [0, 0.05) is 28.2 Å². The van der Waals surface area contributed by atoms with Crippen molar-refractivity contribution in [3.05, 3.63) is 76.8 Å². The molecule has 3 rings (SSSR count). The molecule has 1 heterocycles. The predicted molar refractivity (Wildman–Crippen MR) is 95.4 cm³/mol. The van der Waals surface area contributed by atoms with Gasteiger partial charge in [0.05, 0.1) is 0 Å². The molecule has 0 spiro atoms. The van der Waals surface area contributed by atoms with Crippen molar-refractivity contribution < 1.29 is 13.2 Å². The Morgan fingerprint density at radius 3 is 2.58 bits per heavy atom. The lowest BCUT2D eigenvalue weighted by molar-refractivity contribution is 0.533. The minimum atomic E-state index is -2.32. The fourth-order valence-corrected chi connectivity index (χ4v) is 3.38. The summed E-state index contributed by atoms with van der Waals surface area (Å²) in [5, 5.41) is 0. The van der Waals surface area contributed by atoms with Gasteiger partial charge in [-0.05, 0) is 46.5 Å². The van der Waals surface area contributed by atoms with Gasteiger partial charge in [-0.2, -0.15) is 0 Å². The topological polar surface area (TPSA) is 53.0 Å². The summed E-state index contributed by atoms with van der Waals surface area (Å²) < 4.78 is 36.7. The van der Waals surface area contributed by atoms with Crippen LogP contribution in [0.1, 0.15) is 5.56 Å². The highest BCUT2D eigenvalue weighted by Gasteiger charge is 2.11. The van der Waals surface area contributed by atoms with Gasteiger partial charge in [-0.15, -0.1) is 0 Å². The molecule has 1 aromatic heterocycles. The minimum Gasteiger partial charge on any atom is -0.772 e. The van der Waals surface area contributed by atoms with E-state index < -0.39 is 16.9 Å². The molecule has 0 saturated heterocycles. The van der Waals surface area contributed by atoms with E-state index >= 15 is 0 Å². The lowest BCUT2D eigenvalue weighted by atomic mass is 9.96. The van der Waals surface area contributed by atoms with E-state index in [4.69, 9.17) is 0 Å². The van der Waals surface area contributed by atoms with Gasteiger partial charge in [0.2, 0.25) is 0 Å². The molecule has 0 radical (unpaired) electrons. The minimum absolute atomic E-state index is 0.153. The third kappa shape index (κ3) is 3.77. The monoisotopic (exact) mass is 404 g/mol. The van der Waals surface area contributed by atoms with Crippen LogP contribution in [-0.4, -0.2) is 13.7 Å². The molecule has 3 aromatic rings. The van der Waals surface area contributed by atoms with Gasteiger partial charge in [0.15, 0.2) is 0 Å². The summed E-state index contributed by atoms with van der Waals surface area (Å²) in [6, 6.07) is 14.2. The van der Waals surface area contributed by atoms with Crippen molar-refractivity contribution in [1.29, 1.82) is 0 Å². The Hall–Kier alpha value is -1.89. The summed E-state index contributed by atoms with van der Waals surface area (Å²) >= 11 is 1.13. The van der Waals surface area contributed by atoms with Gasteiger partial charge in [0.1, 0.15) is 5.82 Å². The van der Waals surface area contributed by atoms with E-state index in [0.717, 1.165) is 21.2 Å². The van der Waals surface area contributed by atoms with Gasteiger partial charge >= 0.3 is 0 Å². The van der Waals surface area contributed by atoms with Crippen molar-refractivity contribution in [1.82, 2.24) is 4.98 Å². The third-order valence-electron chi connectivity index (χ3n) is 3.59. The van der Waals surface area contributed by atoms with Crippen LogP contribution in [0.2, 0.25) is 0 Å². The Morgan fingerprint density at radius 1 is 1.08 bits per heavy atom. The lowest BCUT2D eigenvalue weighted by Crippen LogP contribution is -1.97. The fourth-order valence-electron chi connectivity index (χ4n) is 2.49. The van der Waals surface area contributed by atoms with Crippen LogP contribution in [0.25, 0.3) is 22.3 Å². The van der Waals surface area contributed by atoms with Gasteiger partial charge in [-0.3, -0.25) is 9.19 Å². The average Bonchev–Trinajstić information content (AvgIpc) is 2.56. The maximum absolute atomic E-state index is 14.2. The Bertz CT molecular complexity index is 917. The first kappa shape index (κ1) is 17.0. The molecule has 0 N–H and O–H groups in total. The van der Waals surface area contributed by atoms with Crippen LogP contribution in [0, 0.1) is 5.82 Å². The summed E-state index contributed by atoms with van der Waals surface area (Å²) in [5.41, 5.74) is 3.48. The van der Waals surface area contributed by atoms with Crippen LogP contribution < -0.4 is 0 Å². The molecule has 0 aliphatic carbocycles. The Balaban J connectivity index is 2.08. The molecule has 0 saturated carbocycles. The molecule has 3 nitrogen and oxygen atoms in total. The van der Waals surface area contributed by atoms with E-state index in [2.05, 4.69) is 20.9 Å². The third-order valence-corrected chi connectivity index (χ3v) is 4.63. The van der Waals surface area contributed by atoms with Crippen molar-refractivity contribution >= 4 is 27.0 Å². The Morgan fingerprint density at radius 2 is 1.88 bits per heavy atom. The second kappa shape index (κ2) is 7.34. The normalized spacial score (nSPS) is 12.1. The molecule has 0 aliphatic heterocycles. The lowest BCUT2D eigenvalue weighted by Gasteiger charge is -2.12. The summed E-state index contributed by atoms with van der Waals surface area (Å²) in [7, 11) is 0. The highest BCUT2D eigenvalue weighted by atomic mass is 79.9. The number of aromatic nitrogens is 1. The first-order valence-electron chi connectivity index (χ1n) is 7.09. The van der Waals surface area contributed by atoms with E-state index in [-0.39, 0.29) is 11.3 Å². The molecular formula is C18H12BrFNO2S-. The molecule has 122 valence electrons. The summed E-state index contributed by atoms with van der Waals surface area (Å²) in [5.74, 6) is -0.877. The Kier molecular flexibility index (Phi) is 5.18. The number of benzene rings is 2. The second-order valence-electron chi connectivity index (χ2n) is 5.19. The first-order valence-corrected chi connectivity index (χ1v) is 9.13. The molecule has 1 unspecified atom stereocenters. The molecule has 2 aromatic carbocycles. The van der Waals surface area contributed by atoms with E-state index in [1.54, 1.807) is 18.5 Å². The van der Waals surface area contributed by atoms with Crippen LogP contribution in [0.3, 0.4) is 0 Å². The Labute approximate surface area is 150 Å². The zero-order valence-electron chi connectivity index (χ0n) is 12.4. The average molecular weight is 405 g/mol.